The van der Waals surface area contributed by atoms with E-state index in [4.69, 9.17) is 5.11 Å². The Bertz CT molecular complexity index is 266. The second-order valence-corrected chi connectivity index (χ2v) is 2.51. The van der Waals surface area contributed by atoms with Crippen LogP contribution >= 0.6 is 11.5 Å². The Labute approximate surface area is 66.9 Å². The number of carbonyl (C=O) groups is 1. The second-order valence-electron chi connectivity index (χ2n) is 1.74. The number of nitrogens with one attached hydrogen (secondary N) is 1. The van der Waals surface area contributed by atoms with Gasteiger partial charge in [0.1, 0.15) is 0 Å². The van der Waals surface area contributed by atoms with Gasteiger partial charge in [0.15, 0.2) is 10.7 Å². The van der Waals surface area contributed by atoms with Gasteiger partial charge in [-0.15, -0.1) is 0 Å². The third-order valence-electron chi connectivity index (χ3n) is 1.01. The molecule has 0 saturated carbocycles. The zero-order valence-corrected chi connectivity index (χ0v) is 6.68. The summed E-state index contributed by atoms with van der Waals surface area (Å²) in [6, 6.07) is 0. The standard InChI is InChI=1S/C5H7N3O2S/c1-2-6-3(5(9)10)4-7-8-11-4/h8H,2H2,1H3,(H,9,10). The van der Waals surface area contributed by atoms with Crippen LogP contribution in [0.5, 0.6) is 0 Å². The normalized spacial score (nSPS) is 11.9. The fraction of sp³-hybridized carbons (Fsp3) is 0.400. The number of hydrogen-bond donors (Lipinski definition) is 2. The smallest absolute Gasteiger partial charge is 0.357 e. The topological polar surface area (TPSA) is 78.3 Å². The first-order valence-electron chi connectivity index (χ1n) is 3.03. The molecule has 0 aromatic carbocycles. The summed E-state index contributed by atoms with van der Waals surface area (Å²) in [6.07, 6.45) is 0. The average molecular weight is 173 g/mol. The van der Waals surface area contributed by atoms with Gasteiger partial charge in [-0.3, -0.25) is 4.99 Å². The summed E-state index contributed by atoms with van der Waals surface area (Å²) in [6.45, 7) is 2.24. The molecule has 5 nitrogen and oxygen atoms in total. The molecule has 0 atom stereocenters. The molecule has 0 aliphatic heterocycles. The van der Waals surface area contributed by atoms with Crippen molar-refractivity contribution in [3.05, 3.63) is 5.01 Å². The van der Waals surface area contributed by atoms with E-state index in [1.54, 1.807) is 6.92 Å². The summed E-state index contributed by atoms with van der Waals surface area (Å²) < 4.78 is 2.52. The Balaban J connectivity index is 2.82. The third-order valence-corrected chi connectivity index (χ3v) is 1.67. The minimum atomic E-state index is -1.03. The van der Waals surface area contributed by atoms with Crippen molar-refractivity contribution in [2.75, 3.05) is 6.54 Å². The number of rotatable bonds is 3. The van der Waals surface area contributed by atoms with Gasteiger partial charge in [0.2, 0.25) is 0 Å². The van der Waals surface area contributed by atoms with Gasteiger partial charge < -0.3 is 5.11 Å². The molecule has 0 spiro atoms. The molecule has 2 N–H and O–H groups in total. The number of carboxylic acids is 1. The molecular weight excluding hydrogens is 166 g/mol. The summed E-state index contributed by atoms with van der Waals surface area (Å²) in [4.78, 5) is 14.2. The Morgan fingerprint density at radius 3 is 2.82 bits per heavy atom. The van der Waals surface area contributed by atoms with E-state index in [1.807, 2.05) is 0 Å². The van der Waals surface area contributed by atoms with Gasteiger partial charge in [-0.2, -0.15) is 5.10 Å². The lowest BCUT2D eigenvalue weighted by Gasteiger charge is -1.99. The number of aromatic amines is 1. The Morgan fingerprint density at radius 1 is 1.91 bits per heavy atom. The van der Waals surface area contributed by atoms with Crippen LogP contribution in [0.15, 0.2) is 4.99 Å². The maximum atomic E-state index is 10.5. The molecule has 6 heteroatoms. The van der Waals surface area contributed by atoms with Crippen molar-refractivity contribution in [1.29, 1.82) is 0 Å². The summed E-state index contributed by atoms with van der Waals surface area (Å²) in [5, 5.41) is 12.7. The Kier molecular flexibility index (Phi) is 2.37. The van der Waals surface area contributed by atoms with E-state index in [-0.39, 0.29) is 5.71 Å². The zero-order chi connectivity index (χ0) is 8.27. The van der Waals surface area contributed by atoms with Crippen molar-refractivity contribution < 1.29 is 9.90 Å². The van der Waals surface area contributed by atoms with Gasteiger partial charge in [0.25, 0.3) is 0 Å². The molecule has 1 heterocycles. The average Bonchev–Trinajstić information content (AvgIpc) is 1.82. The van der Waals surface area contributed by atoms with Crippen LogP contribution in [-0.2, 0) is 4.79 Å². The number of nitrogens with zero attached hydrogens (tertiary/aromatic N) is 2. The van der Waals surface area contributed by atoms with Gasteiger partial charge in [0, 0.05) is 6.54 Å². The maximum Gasteiger partial charge on any atom is 0.357 e. The quantitative estimate of drug-likeness (QED) is 0.648. The van der Waals surface area contributed by atoms with Crippen LogP contribution in [0.4, 0.5) is 0 Å². The molecule has 1 rings (SSSR count). The predicted molar refractivity (Wildman–Crippen MR) is 41.2 cm³/mol. The zero-order valence-electron chi connectivity index (χ0n) is 5.87. The van der Waals surface area contributed by atoms with Gasteiger partial charge in [-0.25, -0.2) is 9.28 Å². The third kappa shape index (κ3) is 1.64. The van der Waals surface area contributed by atoms with Crippen molar-refractivity contribution in [1.82, 2.24) is 9.59 Å². The van der Waals surface area contributed by atoms with Crippen molar-refractivity contribution in [2.45, 2.75) is 6.92 Å². The van der Waals surface area contributed by atoms with Gasteiger partial charge in [-0.05, 0) is 18.5 Å². The second kappa shape index (κ2) is 3.29. The van der Waals surface area contributed by atoms with Crippen molar-refractivity contribution in [2.24, 2.45) is 4.99 Å². The van der Waals surface area contributed by atoms with Crippen molar-refractivity contribution >= 4 is 23.2 Å². The van der Waals surface area contributed by atoms with Gasteiger partial charge in [0.05, 0.1) is 0 Å². The molecule has 0 radical (unpaired) electrons. The SMILES string of the molecule is CCN=C(C(=O)O)c1n[nH]s1. The molecular formula is C5H7N3O2S. The van der Waals surface area contributed by atoms with E-state index in [0.29, 0.717) is 11.6 Å². The molecule has 11 heavy (non-hydrogen) atoms. The molecule has 60 valence electrons. The minimum absolute atomic E-state index is 0.0382. The minimum Gasteiger partial charge on any atom is -0.476 e. The first-order valence-corrected chi connectivity index (χ1v) is 3.85. The fourth-order valence-electron chi connectivity index (χ4n) is 0.577. The van der Waals surface area contributed by atoms with Gasteiger partial charge >= 0.3 is 5.97 Å². The molecule has 0 unspecified atom stereocenters. The predicted octanol–water partition coefficient (Wildman–Crippen LogP) is 0.365. The van der Waals surface area contributed by atoms with E-state index >= 15 is 0 Å². The maximum absolute atomic E-state index is 10.5. The van der Waals surface area contributed by atoms with Crippen LogP contribution in [0.25, 0.3) is 0 Å². The van der Waals surface area contributed by atoms with Crippen molar-refractivity contribution in [3.8, 4) is 0 Å². The lowest BCUT2D eigenvalue weighted by atomic mass is 10.4. The molecule has 0 amide bonds. The van der Waals surface area contributed by atoms with Crippen LogP contribution in [0.2, 0.25) is 0 Å². The monoisotopic (exact) mass is 173 g/mol. The summed E-state index contributed by atoms with van der Waals surface area (Å²) in [5.41, 5.74) is 0.0382. The molecule has 0 aliphatic carbocycles. The molecule has 0 fully saturated rings. The highest BCUT2D eigenvalue weighted by Gasteiger charge is 2.15. The van der Waals surface area contributed by atoms with E-state index in [9.17, 15) is 4.79 Å². The van der Waals surface area contributed by atoms with Gasteiger partial charge in [-0.1, -0.05) is 0 Å². The highest BCUT2D eigenvalue weighted by atomic mass is 32.1. The molecule has 1 aromatic heterocycles. The molecule has 0 bridgehead atoms. The lowest BCUT2D eigenvalue weighted by molar-refractivity contribution is -0.129. The fourth-order valence-corrected chi connectivity index (χ4v) is 1.01. The van der Waals surface area contributed by atoms with E-state index in [2.05, 4.69) is 14.6 Å². The largest absolute Gasteiger partial charge is 0.476 e. The first-order chi connectivity index (χ1) is 5.25. The highest BCUT2D eigenvalue weighted by Crippen LogP contribution is 2.03. The number of aliphatic carboxylic acids is 1. The van der Waals surface area contributed by atoms with E-state index in [1.165, 1.54) is 11.5 Å². The number of carboxylic acid groups (broad SMARTS) is 1. The highest BCUT2D eigenvalue weighted by molar-refractivity contribution is 7.09. The number of hydrogen-bond acceptors (Lipinski definition) is 4. The van der Waals surface area contributed by atoms with Crippen LogP contribution in [0.3, 0.4) is 0 Å². The Hall–Kier alpha value is -1.17. The number of H-pyrrole nitrogens is 1. The molecule has 0 aliphatic rings. The van der Waals surface area contributed by atoms with Crippen LogP contribution < -0.4 is 0 Å². The lowest BCUT2D eigenvalue weighted by Crippen LogP contribution is -2.17. The van der Waals surface area contributed by atoms with E-state index < -0.39 is 5.97 Å². The summed E-state index contributed by atoms with van der Waals surface area (Å²) in [7, 11) is 0. The van der Waals surface area contributed by atoms with Crippen LogP contribution in [-0.4, -0.2) is 32.9 Å². The number of aromatic nitrogens is 2. The molecule has 1 aromatic rings. The number of aliphatic imine (C=N–C) groups is 1. The summed E-state index contributed by atoms with van der Waals surface area (Å²) in [5.74, 6) is -1.03. The van der Waals surface area contributed by atoms with E-state index in [0.717, 1.165) is 0 Å². The van der Waals surface area contributed by atoms with Crippen molar-refractivity contribution in [3.63, 3.8) is 0 Å². The van der Waals surface area contributed by atoms with Crippen LogP contribution in [0.1, 0.15) is 11.9 Å². The van der Waals surface area contributed by atoms with Crippen LogP contribution in [0, 0.1) is 0 Å². The molecule has 0 saturated heterocycles. The first kappa shape index (κ1) is 7.93. The summed E-state index contributed by atoms with van der Waals surface area (Å²) >= 11 is 1.17. The Morgan fingerprint density at radius 2 is 2.55 bits per heavy atom.